The molecule has 0 spiro atoms. The molecule has 4 aromatic rings. The zero-order valence-electron chi connectivity index (χ0n) is 27.8. The van der Waals surface area contributed by atoms with E-state index in [0.717, 1.165) is 30.7 Å². The lowest BCUT2D eigenvalue weighted by molar-refractivity contribution is -0.134. The number of benzene rings is 2. The molecule has 262 valence electrons. The van der Waals surface area contributed by atoms with E-state index in [4.69, 9.17) is 16.3 Å². The molecule has 3 aliphatic rings. The number of rotatable bonds is 11. The van der Waals surface area contributed by atoms with Crippen molar-refractivity contribution in [3.05, 3.63) is 76.0 Å². The Labute approximate surface area is 296 Å². The number of alkyl halides is 2. The van der Waals surface area contributed by atoms with Gasteiger partial charge in [0.15, 0.2) is 5.96 Å². The fraction of sp³-hybridized carbons (Fsp3) is 0.429. The van der Waals surface area contributed by atoms with Crippen LogP contribution < -0.4 is 10.6 Å². The number of hydrogen-bond acceptors (Lipinski definition) is 8. The van der Waals surface area contributed by atoms with Crippen molar-refractivity contribution < 1.29 is 23.1 Å². The van der Waals surface area contributed by atoms with Crippen molar-refractivity contribution in [3.63, 3.8) is 0 Å². The first-order chi connectivity index (χ1) is 23.8. The quantitative estimate of drug-likeness (QED) is 0.145. The van der Waals surface area contributed by atoms with Crippen LogP contribution in [0.15, 0.2) is 54.9 Å². The number of carbonyl (C=O) groups excluding carboxylic acids is 2. The van der Waals surface area contributed by atoms with Crippen molar-refractivity contribution in [1.82, 2.24) is 35.5 Å². The lowest BCUT2D eigenvalue weighted by Gasteiger charge is -2.35. The summed E-state index contributed by atoms with van der Waals surface area (Å²) < 4.78 is 32.7. The van der Waals surface area contributed by atoms with Crippen molar-refractivity contribution in [1.29, 1.82) is 5.41 Å². The second-order valence-corrected chi connectivity index (χ2v) is 15.8. The van der Waals surface area contributed by atoms with Crippen LogP contribution in [-0.4, -0.2) is 55.5 Å². The Morgan fingerprint density at radius 2 is 1.88 bits per heavy atom. The van der Waals surface area contributed by atoms with Crippen molar-refractivity contribution in [2.45, 2.75) is 83.0 Å². The summed E-state index contributed by atoms with van der Waals surface area (Å²) in [7, 11) is 0. The van der Waals surface area contributed by atoms with Gasteiger partial charge in [0.25, 0.3) is 5.91 Å². The van der Waals surface area contributed by atoms with Gasteiger partial charge < -0.3 is 15.4 Å². The number of carbonyl (C=O) groups is 2. The summed E-state index contributed by atoms with van der Waals surface area (Å²) in [5, 5.41) is 29.8. The van der Waals surface area contributed by atoms with Crippen LogP contribution in [0.2, 0.25) is 5.02 Å². The molecule has 0 bridgehead atoms. The van der Waals surface area contributed by atoms with Gasteiger partial charge in [0.05, 0.1) is 17.3 Å². The fourth-order valence-electron chi connectivity index (χ4n) is 6.34. The molecule has 1 saturated heterocycles. The number of halogens is 3. The molecule has 3 fully saturated rings. The standard InChI is InChI=1S/C35H37ClF2N8O3S/c1-34(2,3)18-35(23-9-6-19(7-10-23)22-15-40-45(16-22)31(37)38)30(47)46(32(39)42-35)27(17-49-33(48)41-24-11-12-24)21-8-13-26(36)25(14-21)29-44-43-28(50-29)20-4-5-20/h6-10,13-16,20,24,27,31H,4-5,11-12,17-18H2,1-3H3,(H2,39,42)(H,41,48)/t27-,35-/m1/s1. The predicted molar refractivity (Wildman–Crippen MR) is 185 cm³/mol. The molecule has 2 aromatic heterocycles. The van der Waals surface area contributed by atoms with E-state index in [0.29, 0.717) is 54.9 Å². The Morgan fingerprint density at radius 3 is 2.52 bits per heavy atom. The van der Waals surface area contributed by atoms with Gasteiger partial charge in [-0.15, -0.1) is 10.2 Å². The highest BCUT2D eigenvalue weighted by Crippen LogP contribution is 2.45. The first-order valence-electron chi connectivity index (χ1n) is 16.5. The highest BCUT2D eigenvalue weighted by Gasteiger charge is 2.54. The van der Waals surface area contributed by atoms with Crippen LogP contribution in [0.4, 0.5) is 13.6 Å². The second kappa shape index (κ2) is 13.0. The maximum atomic E-state index is 14.9. The number of nitrogens with zero attached hydrogens (tertiary/aromatic N) is 5. The zero-order valence-corrected chi connectivity index (χ0v) is 29.3. The first kappa shape index (κ1) is 34.0. The predicted octanol–water partition coefficient (Wildman–Crippen LogP) is 7.62. The summed E-state index contributed by atoms with van der Waals surface area (Å²) in [4.78, 5) is 29.0. The van der Waals surface area contributed by atoms with Crippen molar-refractivity contribution in [2.75, 3.05) is 6.61 Å². The number of hydrogen-bond donors (Lipinski definition) is 3. The number of guanidine groups is 1. The SMILES string of the molecule is CC(C)(C)C[C@]1(c2ccc(-c3cnn(C(F)F)c3)cc2)NC(=N)N([C@H](COC(=O)NC2CC2)c2ccc(Cl)c(-c3nnc(C4CC4)s3)c2)C1=O. The molecule has 0 unspecified atom stereocenters. The van der Waals surface area contributed by atoms with Gasteiger partial charge in [-0.25, -0.2) is 9.48 Å². The molecule has 2 amide bonds. The van der Waals surface area contributed by atoms with Crippen LogP contribution in [0.25, 0.3) is 21.7 Å². The Balaban J connectivity index is 1.25. The van der Waals surface area contributed by atoms with E-state index in [2.05, 4.69) is 25.9 Å². The van der Waals surface area contributed by atoms with E-state index in [1.54, 1.807) is 36.4 Å². The smallest absolute Gasteiger partial charge is 0.407 e. The maximum Gasteiger partial charge on any atom is 0.407 e. The topological polar surface area (TPSA) is 138 Å². The number of aromatic nitrogens is 4. The molecule has 2 atom stereocenters. The lowest BCUT2D eigenvalue weighted by atomic mass is 9.75. The Bertz CT molecular complexity index is 1940. The molecule has 3 N–H and O–H groups in total. The highest BCUT2D eigenvalue weighted by molar-refractivity contribution is 7.14. The van der Waals surface area contributed by atoms with Crippen LogP contribution in [0.3, 0.4) is 0 Å². The van der Waals surface area contributed by atoms with E-state index >= 15 is 0 Å². The number of amides is 2. The maximum absolute atomic E-state index is 14.9. The third-order valence-electron chi connectivity index (χ3n) is 9.02. The normalized spacial score (nSPS) is 19.9. The average molecular weight is 723 g/mol. The molecule has 2 saturated carbocycles. The fourth-order valence-corrected chi connectivity index (χ4v) is 7.64. The van der Waals surface area contributed by atoms with Crippen LogP contribution in [-0.2, 0) is 15.1 Å². The second-order valence-electron chi connectivity index (χ2n) is 14.3. The van der Waals surface area contributed by atoms with Gasteiger partial charge in [-0.05, 0) is 66.3 Å². The molecule has 1 aliphatic heterocycles. The van der Waals surface area contributed by atoms with Gasteiger partial charge in [-0.3, -0.25) is 15.1 Å². The van der Waals surface area contributed by atoms with Gasteiger partial charge in [0, 0.05) is 29.3 Å². The number of nitrogens with one attached hydrogen (secondary N) is 3. The molecule has 15 heteroatoms. The van der Waals surface area contributed by atoms with E-state index in [-0.39, 0.29) is 24.0 Å². The first-order valence-corrected chi connectivity index (χ1v) is 17.7. The van der Waals surface area contributed by atoms with Crippen LogP contribution in [0.1, 0.15) is 87.5 Å². The van der Waals surface area contributed by atoms with Crippen LogP contribution in [0, 0.1) is 10.8 Å². The monoisotopic (exact) mass is 722 g/mol. The third-order valence-corrected chi connectivity index (χ3v) is 10.5. The van der Waals surface area contributed by atoms with Gasteiger partial charge >= 0.3 is 12.6 Å². The molecule has 11 nitrogen and oxygen atoms in total. The van der Waals surface area contributed by atoms with E-state index in [9.17, 15) is 23.8 Å². The highest BCUT2D eigenvalue weighted by atomic mass is 35.5. The van der Waals surface area contributed by atoms with Gasteiger partial charge in [0.2, 0.25) is 0 Å². The van der Waals surface area contributed by atoms with Gasteiger partial charge in [-0.2, -0.15) is 13.9 Å². The van der Waals surface area contributed by atoms with Crippen molar-refractivity contribution >= 4 is 40.9 Å². The zero-order chi connectivity index (χ0) is 35.4. The minimum atomic E-state index is -2.76. The van der Waals surface area contributed by atoms with Crippen molar-refractivity contribution in [3.8, 4) is 21.7 Å². The number of alkyl carbamates (subject to hydrolysis) is 1. The van der Waals surface area contributed by atoms with E-state index in [1.807, 2.05) is 26.8 Å². The molecular weight excluding hydrogens is 686 g/mol. The number of ether oxygens (including phenoxy) is 1. The Hall–Kier alpha value is -4.43. The molecular formula is C35H37ClF2N8O3S. The van der Waals surface area contributed by atoms with Crippen molar-refractivity contribution in [2.24, 2.45) is 5.41 Å². The summed E-state index contributed by atoms with van der Waals surface area (Å²) in [5.74, 6) is -0.125. The molecule has 3 heterocycles. The summed E-state index contributed by atoms with van der Waals surface area (Å²) in [5.41, 5.74) is 1.25. The van der Waals surface area contributed by atoms with Crippen LogP contribution >= 0.6 is 22.9 Å². The van der Waals surface area contributed by atoms with E-state index in [1.165, 1.54) is 28.6 Å². The summed E-state index contributed by atoms with van der Waals surface area (Å²) in [6.07, 6.45) is 6.27. The Morgan fingerprint density at radius 1 is 1.14 bits per heavy atom. The Kier molecular flexibility index (Phi) is 8.87. The van der Waals surface area contributed by atoms with Gasteiger partial charge in [0.1, 0.15) is 22.2 Å². The summed E-state index contributed by atoms with van der Waals surface area (Å²) in [6, 6.07) is 11.5. The largest absolute Gasteiger partial charge is 0.447 e. The third kappa shape index (κ3) is 6.95. The molecule has 7 rings (SSSR count). The molecule has 2 aromatic carbocycles. The minimum absolute atomic E-state index is 0.0710. The van der Waals surface area contributed by atoms with Crippen LogP contribution in [0.5, 0.6) is 0 Å². The summed E-state index contributed by atoms with van der Waals surface area (Å²) >= 11 is 8.17. The average Bonchev–Trinajstić information content (AvgIpc) is 3.96. The van der Waals surface area contributed by atoms with Gasteiger partial charge in [-0.1, -0.05) is 74.0 Å². The molecule has 0 radical (unpaired) electrons. The lowest BCUT2D eigenvalue weighted by Crippen LogP contribution is -2.47. The molecule has 50 heavy (non-hydrogen) atoms. The summed E-state index contributed by atoms with van der Waals surface area (Å²) in [6.45, 7) is 3.04. The molecule has 2 aliphatic carbocycles. The minimum Gasteiger partial charge on any atom is -0.447 e. The van der Waals surface area contributed by atoms with E-state index < -0.39 is 30.1 Å².